The molecule has 0 aromatic carbocycles. The number of hydrogen-bond acceptors (Lipinski definition) is 5. The molecule has 73 valence electrons. The summed E-state index contributed by atoms with van der Waals surface area (Å²) in [5.74, 6) is 0.610. The summed E-state index contributed by atoms with van der Waals surface area (Å²) >= 11 is 0. The Labute approximate surface area is 81.3 Å². The van der Waals surface area contributed by atoms with E-state index in [2.05, 4.69) is 26.9 Å². The normalized spacial score (nSPS) is 17.6. The zero-order valence-electron chi connectivity index (χ0n) is 7.53. The van der Waals surface area contributed by atoms with Crippen molar-refractivity contribution in [3.8, 4) is 0 Å². The molecule has 1 aromatic rings. The van der Waals surface area contributed by atoms with Gasteiger partial charge in [-0.15, -0.1) is 0 Å². The summed E-state index contributed by atoms with van der Waals surface area (Å²) in [4.78, 5) is 18.8. The summed E-state index contributed by atoms with van der Waals surface area (Å²) in [5, 5.41) is 4.52. The highest BCUT2D eigenvalue weighted by atomic mass is 16.2. The minimum Gasteiger partial charge on any atom is -0.354 e. The second-order valence-corrected chi connectivity index (χ2v) is 2.92. The van der Waals surface area contributed by atoms with Gasteiger partial charge in [0.1, 0.15) is 6.20 Å². The number of anilines is 1. The average molecular weight is 192 g/mol. The molecule has 1 saturated heterocycles. The minimum absolute atomic E-state index is 0.0108. The molecule has 0 saturated carbocycles. The Balaban J connectivity index is 1.94. The standard InChI is InChI=1S/C8H10N5O/c14-8-6-13(4-3-11-8)12-7-5-9-1-2-10-7/h1,5H,3-4,6H2,(H,10,12)(H,11,14). The summed E-state index contributed by atoms with van der Waals surface area (Å²) in [5.41, 5.74) is 2.98. The van der Waals surface area contributed by atoms with E-state index in [1.807, 2.05) is 0 Å². The lowest BCUT2D eigenvalue weighted by Crippen LogP contribution is -2.49. The van der Waals surface area contributed by atoms with Gasteiger partial charge in [-0.3, -0.25) is 9.78 Å². The zero-order chi connectivity index (χ0) is 9.80. The Morgan fingerprint density at radius 2 is 2.57 bits per heavy atom. The van der Waals surface area contributed by atoms with Crippen LogP contribution in [0.2, 0.25) is 0 Å². The molecule has 2 rings (SSSR count). The van der Waals surface area contributed by atoms with Gasteiger partial charge in [0.15, 0.2) is 5.82 Å². The van der Waals surface area contributed by atoms with Crippen LogP contribution in [0.3, 0.4) is 0 Å². The molecule has 0 atom stereocenters. The number of aromatic nitrogens is 2. The summed E-state index contributed by atoms with van der Waals surface area (Å²) in [7, 11) is 0. The molecule has 1 aliphatic heterocycles. The number of hydrogen-bond donors (Lipinski definition) is 2. The van der Waals surface area contributed by atoms with Gasteiger partial charge < -0.3 is 10.7 Å². The molecule has 0 unspecified atom stereocenters. The summed E-state index contributed by atoms with van der Waals surface area (Å²) < 4.78 is 0. The van der Waals surface area contributed by atoms with E-state index in [-0.39, 0.29) is 5.91 Å². The molecular weight excluding hydrogens is 182 g/mol. The van der Waals surface area contributed by atoms with Crippen LogP contribution in [0.1, 0.15) is 0 Å². The molecule has 1 radical (unpaired) electrons. The summed E-state index contributed by atoms with van der Waals surface area (Å²) in [6, 6.07) is 0. The van der Waals surface area contributed by atoms with E-state index in [0.717, 1.165) is 6.54 Å². The third-order valence-electron chi connectivity index (χ3n) is 1.83. The number of carbonyl (C=O) groups excluding carboxylic acids is 1. The van der Waals surface area contributed by atoms with E-state index >= 15 is 0 Å². The molecule has 1 aliphatic rings. The van der Waals surface area contributed by atoms with Gasteiger partial charge in [0.2, 0.25) is 5.91 Å². The number of carbonyl (C=O) groups is 1. The molecule has 0 spiro atoms. The Kier molecular flexibility index (Phi) is 2.55. The van der Waals surface area contributed by atoms with Crippen LogP contribution in [0.15, 0.2) is 12.4 Å². The lowest BCUT2D eigenvalue weighted by molar-refractivity contribution is -0.123. The quantitative estimate of drug-likeness (QED) is 0.631. The zero-order valence-corrected chi connectivity index (χ0v) is 7.53. The fraction of sp³-hybridized carbons (Fsp3) is 0.375. The lowest BCUT2D eigenvalue weighted by atomic mass is 10.4. The molecule has 0 aliphatic carbocycles. The van der Waals surface area contributed by atoms with Crippen molar-refractivity contribution >= 4 is 11.7 Å². The van der Waals surface area contributed by atoms with E-state index in [9.17, 15) is 4.79 Å². The van der Waals surface area contributed by atoms with Crippen LogP contribution in [0.25, 0.3) is 0 Å². The second kappa shape index (κ2) is 4.01. The SMILES string of the molecule is O=C1CN(Nc2cnc[c]n2)CCN1. The van der Waals surface area contributed by atoms with Gasteiger partial charge in [-0.2, -0.15) is 0 Å². The minimum atomic E-state index is 0.0108. The largest absolute Gasteiger partial charge is 0.354 e. The number of nitrogens with zero attached hydrogens (tertiary/aromatic N) is 3. The molecule has 6 heteroatoms. The first-order valence-corrected chi connectivity index (χ1v) is 4.31. The second-order valence-electron chi connectivity index (χ2n) is 2.92. The third kappa shape index (κ3) is 2.17. The molecule has 14 heavy (non-hydrogen) atoms. The Morgan fingerprint density at radius 1 is 1.64 bits per heavy atom. The Bertz CT molecular complexity index is 315. The van der Waals surface area contributed by atoms with Gasteiger partial charge in [0, 0.05) is 13.1 Å². The summed E-state index contributed by atoms with van der Waals surface area (Å²) in [6.45, 7) is 1.73. The van der Waals surface area contributed by atoms with Gasteiger partial charge in [-0.25, -0.2) is 9.99 Å². The molecule has 2 heterocycles. The van der Waals surface area contributed by atoms with Gasteiger partial charge in [0.25, 0.3) is 0 Å². The van der Waals surface area contributed by atoms with Crippen molar-refractivity contribution in [3.05, 3.63) is 18.6 Å². The maximum atomic E-state index is 11.0. The van der Waals surface area contributed by atoms with Crippen LogP contribution in [0, 0.1) is 6.20 Å². The van der Waals surface area contributed by atoms with Crippen LogP contribution in [0.5, 0.6) is 0 Å². The lowest BCUT2D eigenvalue weighted by Gasteiger charge is -2.26. The topological polar surface area (TPSA) is 70.2 Å². The third-order valence-corrected chi connectivity index (χ3v) is 1.83. The van der Waals surface area contributed by atoms with E-state index in [0.29, 0.717) is 18.9 Å². The van der Waals surface area contributed by atoms with Gasteiger partial charge in [-0.05, 0) is 0 Å². The fourth-order valence-electron chi connectivity index (χ4n) is 1.22. The van der Waals surface area contributed by atoms with E-state index < -0.39 is 0 Å². The van der Waals surface area contributed by atoms with Crippen molar-refractivity contribution in [1.82, 2.24) is 20.3 Å². The van der Waals surface area contributed by atoms with Crippen molar-refractivity contribution < 1.29 is 4.79 Å². The molecule has 2 N–H and O–H groups in total. The molecular formula is C8H10N5O. The number of hydrazine groups is 1. The van der Waals surface area contributed by atoms with Crippen molar-refractivity contribution in [2.45, 2.75) is 0 Å². The summed E-state index contributed by atoms with van der Waals surface area (Å²) in [6.07, 6.45) is 5.68. The van der Waals surface area contributed by atoms with Crippen molar-refractivity contribution in [3.63, 3.8) is 0 Å². The highest BCUT2D eigenvalue weighted by molar-refractivity contribution is 5.78. The highest BCUT2D eigenvalue weighted by Gasteiger charge is 2.15. The van der Waals surface area contributed by atoms with Crippen LogP contribution in [-0.2, 0) is 4.79 Å². The van der Waals surface area contributed by atoms with Crippen molar-refractivity contribution in [2.24, 2.45) is 0 Å². The Hall–Kier alpha value is -1.69. The van der Waals surface area contributed by atoms with Crippen molar-refractivity contribution in [1.29, 1.82) is 0 Å². The Morgan fingerprint density at radius 3 is 3.29 bits per heavy atom. The predicted molar refractivity (Wildman–Crippen MR) is 49.1 cm³/mol. The van der Waals surface area contributed by atoms with E-state index in [1.165, 1.54) is 6.20 Å². The molecule has 0 bridgehead atoms. The van der Waals surface area contributed by atoms with Gasteiger partial charge >= 0.3 is 0 Å². The number of rotatable bonds is 2. The van der Waals surface area contributed by atoms with Gasteiger partial charge in [-0.1, -0.05) is 0 Å². The van der Waals surface area contributed by atoms with Gasteiger partial charge in [0.05, 0.1) is 18.9 Å². The number of nitrogens with one attached hydrogen (secondary N) is 2. The van der Waals surface area contributed by atoms with Crippen LogP contribution >= 0.6 is 0 Å². The molecule has 1 fully saturated rings. The first kappa shape index (κ1) is 8.89. The number of piperazine rings is 1. The van der Waals surface area contributed by atoms with Crippen LogP contribution in [-0.4, -0.2) is 40.5 Å². The van der Waals surface area contributed by atoms with Crippen LogP contribution in [0.4, 0.5) is 5.82 Å². The predicted octanol–water partition coefficient (Wildman–Crippen LogP) is -0.965. The smallest absolute Gasteiger partial charge is 0.236 e. The van der Waals surface area contributed by atoms with E-state index in [1.54, 1.807) is 11.2 Å². The fourth-order valence-corrected chi connectivity index (χ4v) is 1.22. The first-order valence-electron chi connectivity index (χ1n) is 4.31. The average Bonchev–Trinajstić information content (AvgIpc) is 2.19. The maximum Gasteiger partial charge on any atom is 0.236 e. The maximum absolute atomic E-state index is 11.0. The molecule has 1 aromatic heterocycles. The van der Waals surface area contributed by atoms with E-state index in [4.69, 9.17) is 0 Å². The van der Waals surface area contributed by atoms with Crippen LogP contribution < -0.4 is 10.7 Å². The first-order chi connectivity index (χ1) is 6.84. The van der Waals surface area contributed by atoms with Crippen molar-refractivity contribution in [2.75, 3.05) is 25.1 Å². The monoisotopic (exact) mass is 192 g/mol. The molecule has 6 nitrogen and oxygen atoms in total. The highest BCUT2D eigenvalue weighted by Crippen LogP contribution is 2.00. The number of amides is 1. The molecule has 1 amide bonds.